The summed E-state index contributed by atoms with van der Waals surface area (Å²) in [6.07, 6.45) is 0. The van der Waals surface area contributed by atoms with Gasteiger partial charge in [-0.25, -0.2) is 0 Å². The molecule has 2 nitrogen and oxygen atoms in total. The molecule has 0 spiro atoms. The SMILES string of the molecule is Cl[C@H]1CNC[C@H](Cl)N1. The fourth-order valence-corrected chi connectivity index (χ4v) is 1.24. The molecule has 2 N–H and O–H groups in total. The Morgan fingerprint density at radius 2 is 1.62 bits per heavy atom. The van der Waals surface area contributed by atoms with Gasteiger partial charge in [-0.1, -0.05) is 0 Å². The van der Waals surface area contributed by atoms with E-state index < -0.39 is 0 Å². The van der Waals surface area contributed by atoms with Crippen LogP contribution in [0.2, 0.25) is 0 Å². The second-order valence-electron chi connectivity index (χ2n) is 1.76. The third-order valence-corrected chi connectivity index (χ3v) is 1.57. The normalized spacial score (nSPS) is 39.8. The molecule has 1 rings (SSSR count). The minimum absolute atomic E-state index is 0.00810. The lowest BCUT2D eigenvalue weighted by Crippen LogP contribution is -2.49. The highest BCUT2D eigenvalue weighted by molar-refractivity contribution is 6.23. The fraction of sp³-hybridized carbons (Fsp3) is 1.00. The second-order valence-corrected chi connectivity index (χ2v) is 2.81. The zero-order valence-electron chi connectivity index (χ0n) is 4.32. The van der Waals surface area contributed by atoms with E-state index in [1.54, 1.807) is 0 Å². The highest BCUT2D eigenvalue weighted by Gasteiger charge is 2.14. The monoisotopic (exact) mass is 154 g/mol. The van der Waals surface area contributed by atoms with Crippen LogP contribution < -0.4 is 10.6 Å². The van der Waals surface area contributed by atoms with Crippen LogP contribution in [0.15, 0.2) is 0 Å². The molecule has 1 saturated heterocycles. The van der Waals surface area contributed by atoms with Gasteiger partial charge in [0, 0.05) is 13.1 Å². The molecule has 0 aromatic heterocycles. The molecule has 48 valence electrons. The van der Waals surface area contributed by atoms with Crippen LogP contribution in [0, 0.1) is 0 Å². The standard InChI is InChI=1S/C4H8Cl2N2/c5-3-1-7-2-4(6)8-3/h3-4,7-8H,1-2H2/t3-,4-/m1/s1. The lowest BCUT2D eigenvalue weighted by atomic mass is 10.4. The van der Waals surface area contributed by atoms with Crippen molar-refractivity contribution in [3.8, 4) is 0 Å². The molecule has 4 heteroatoms. The molecule has 0 aliphatic carbocycles. The summed E-state index contributed by atoms with van der Waals surface area (Å²) in [5.41, 5.74) is -0.0162. The van der Waals surface area contributed by atoms with Crippen molar-refractivity contribution < 1.29 is 0 Å². The van der Waals surface area contributed by atoms with Crippen LogP contribution in [0.3, 0.4) is 0 Å². The van der Waals surface area contributed by atoms with E-state index in [9.17, 15) is 0 Å². The third-order valence-electron chi connectivity index (χ3n) is 1.01. The smallest absolute Gasteiger partial charge is 0.0963 e. The number of hydrogen-bond donors (Lipinski definition) is 2. The first kappa shape index (κ1) is 6.62. The zero-order valence-corrected chi connectivity index (χ0v) is 5.84. The van der Waals surface area contributed by atoms with Gasteiger partial charge >= 0.3 is 0 Å². The summed E-state index contributed by atoms with van der Waals surface area (Å²) in [5, 5.41) is 6.01. The fourth-order valence-electron chi connectivity index (χ4n) is 0.651. The summed E-state index contributed by atoms with van der Waals surface area (Å²) < 4.78 is 0. The lowest BCUT2D eigenvalue weighted by molar-refractivity contribution is 0.471. The second kappa shape index (κ2) is 2.87. The molecule has 8 heavy (non-hydrogen) atoms. The van der Waals surface area contributed by atoms with E-state index in [-0.39, 0.29) is 11.0 Å². The Kier molecular flexibility index (Phi) is 2.38. The van der Waals surface area contributed by atoms with E-state index in [1.165, 1.54) is 0 Å². The number of hydrogen-bond acceptors (Lipinski definition) is 2. The van der Waals surface area contributed by atoms with E-state index in [2.05, 4.69) is 10.6 Å². The first-order valence-corrected chi connectivity index (χ1v) is 3.41. The summed E-state index contributed by atoms with van der Waals surface area (Å²) >= 11 is 11.3. The lowest BCUT2D eigenvalue weighted by Gasteiger charge is -2.23. The molecular formula is C4H8Cl2N2. The van der Waals surface area contributed by atoms with Crippen molar-refractivity contribution in [1.82, 2.24) is 10.6 Å². The molecule has 1 aliphatic heterocycles. The Hall–Kier alpha value is 0.500. The molecule has 1 heterocycles. The summed E-state index contributed by atoms with van der Waals surface area (Å²) in [7, 11) is 0. The Morgan fingerprint density at radius 1 is 1.12 bits per heavy atom. The van der Waals surface area contributed by atoms with Crippen LogP contribution in [0.4, 0.5) is 0 Å². The van der Waals surface area contributed by atoms with Crippen LogP contribution in [0.5, 0.6) is 0 Å². The van der Waals surface area contributed by atoms with E-state index >= 15 is 0 Å². The van der Waals surface area contributed by atoms with Gasteiger partial charge in [0.1, 0.15) is 0 Å². The number of rotatable bonds is 0. The Bertz CT molecular complexity index is 70.4. The minimum Gasteiger partial charge on any atom is -0.311 e. The Balaban J connectivity index is 2.23. The van der Waals surface area contributed by atoms with Crippen LogP contribution in [-0.4, -0.2) is 24.1 Å². The minimum atomic E-state index is -0.00810. The maximum atomic E-state index is 5.65. The van der Waals surface area contributed by atoms with Crippen LogP contribution >= 0.6 is 23.2 Å². The molecule has 0 amide bonds. The van der Waals surface area contributed by atoms with Gasteiger partial charge in [-0.05, 0) is 0 Å². The largest absolute Gasteiger partial charge is 0.311 e. The van der Waals surface area contributed by atoms with E-state index in [1.807, 2.05) is 0 Å². The summed E-state index contributed by atoms with van der Waals surface area (Å²) in [5.74, 6) is 0. The van der Waals surface area contributed by atoms with Gasteiger partial charge in [0.2, 0.25) is 0 Å². The highest BCUT2D eigenvalue weighted by atomic mass is 35.5. The van der Waals surface area contributed by atoms with Crippen molar-refractivity contribution in [3.63, 3.8) is 0 Å². The summed E-state index contributed by atoms with van der Waals surface area (Å²) in [6, 6.07) is 0. The van der Waals surface area contributed by atoms with Gasteiger partial charge in [0.25, 0.3) is 0 Å². The third kappa shape index (κ3) is 1.78. The van der Waals surface area contributed by atoms with E-state index in [0.717, 1.165) is 13.1 Å². The molecule has 1 fully saturated rings. The van der Waals surface area contributed by atoms with Crippen molar-refractivity contribution in [2.24, 2.45) is 0 Å². The van der Waals surface area contributed by atoms with Gasteiger partial charge in [0.15, 0.2) is 0 Å². The molecule has 0 aromatic rings. The average Bonchev–Trinajstić information content (AvgIpc) is 1.64. The molecule has 1 aliphatic rings. The van der Waals surface area contributed by atoms with E-state index in [0.29, 0.717) is 0 Å². The van der Waals surface area contributed by atoms with Crippen LogP contribution in [0.1, 0.15) is 0 Å². The Morgan fingerprint density at radius 3 is 1.88 bits per heavy atom. The number of piperazine rings is 1. The molecular weight excluding hydrogens is 147 g/mol. The average molecular weight is 155 g/mol. The highest BCUT2D eigenvalue weighted by Crippen LogP contribution is 2.00. The summed E-state index contributed by atoms with van der Waals surface area (Å²) in [6.45, 7) is 1.59. The molecule has 0 aromatic carbocycles. The van der Waals surface area contributed by atoms with Crippen molar-refractivity contribution in [2.75, 3.05) is 13.1 Å². The number of alkyl halides is 2. The first-order valence-electron chi connectivity index (χ1n) is 2.54. The van der Waals surface area contributed by atoms with Crippen molar-refractivity contribution in [2.45, 2.75) is 11.0 Å². The number of halogens is 2. The first-order chi connectivity index (χ1) is 3.79. The number of nitrogens with one attached hydrogen (secondary N) is 2. The maximum absolute atomic E-state index is 5.65. The quantitative estimate of drug-likeness (QED) is 0.388. The van der Waals surface area contributed by atoms with Gasteiger partial charge in [-0.15, -0.1) is 23.2 Å². The van der Waals surface area contributed by atoms with Crippen LogP contribution in [-0.2, 0) is 0 Å². The van der Waals surface area contributed by atoms with Crippen molar-refractivity contribution in [3.05, 3.63) is 0 Å². The predicted octanol–water partition coefficient (Wildman–Crippen LogP) is 0.309. The van der Waals surface area contributed by atoms with Crippen LogP contribution in [0.25, 0.3) is 0 Å². The predicted molar refractivity (Wildman–Crippen MR) is 35.3 cm³/mol. The zero-order chi connectivity index (χ0) is 5.98. The topological polar surface area (TPSA) is 24.1 Å². The van der Waals surface area contributed by atoms with Crippen molar-refractivity contribution >= 4 is 23.2 Å². The summed E-state index contributed by atoms with van der Waals surface area (Å²) in [4.78, 5) is 0. The molecule has 0 unspecified atom stereocenters. The molecule has 0 bridgehead atoms. The molecule has 0 saturated carbocycles. The van der Waals surface area contributed by atoms with Gasteiger partial charge < -0.3 is 5.32 Å². The van der Waals surface area contributed by atoms with Gasteiger partial charge in [-0.2, -0.15) is 0 Å². The van der Waals surface area contributed by atoms with E-state index in [4.69, 9.17) is 23.2 Å². The van der Waals surface area contributed by atoms with Crippen molar-refractivity contribution in [1.29, 1.82) is 0 Å². The molecule has 2 atom stereocenters. The Labute approximate surface area is 58.5 Å². The van der Waals surface area contributed by atoms with Gasteiger partial charge in [-0.3, -0.25) is 5.32 Å². The maximum Gasteiger partial charge on any atom is 0.0963 e. The molecule has 0 radical (unpaired) electrons. The van der Waals surface area contributed by atoms with Gasteiger partial charge in [0.05, 0.1) is 11.0 Å².